The maximum absolute atomic E-state index is 12.3. The van der Waals surface area contributed by atoms with Crippen molar-refractivity contribution < 1.29 is 8.81 Å². The van der Waals surface area contributed by atoms with Crippen molar-refractivity contribution in [3.8, 4) is 0 Å². The summed E-state index contributed by atoms with van der Waals surface area (Å²) in [4.78, 5) is 0. The van der Waals surface area contributed by atoms with Crippen molar-refractivity contribution >= 4 is 11.0 Å². The summed E-state index contributed by atoms with van der Waals surface area (Å²) < 4.78 is 17.4. The monoisotopic (exact) mass is 150 g/mol. The largest absolute Gasteiger partial charge is 0.464 e. The second-order valence-corrected chi connectivity index (χ2v) is 2.39. The predicted molar refractivity (Wildman–Crippen MR) is 41.0 cm³/mol. The van der Waals surface area contributed by atoms with Crippen LogP contribution in [0, 0.1) is 0 Å². The molecule has 2 aromatic rings. The van der Waals surface area contributed by atoms with Crippen molar-refractivity contribution in [2.45, 2.75) is 6.67 Å². The molecular formula is C9H7FO. The minimum atomic E-state index is -0.467. The summed E-state index contributed by atoms with van der Waals surface area (Å²) in [5, 5.41) is 0.958. The molecule has 1 heterocycles. The Bertz CT molecular complexity index is 364. The molecule has 0 unspecified atom stereocenters. The van der Waals surface area contributed by atoms with Gasteiger partial charge in [-0.2, -0.15) is 0 Å². The van der Waals surface area contributed by atoms with E-state index in [0.29, 0.717) is 11.1 Å². The summed E-state index contributed by atoms with van der Waals surface area (Å²) in [7, 11) is 0. The molecule has 2 heteroatoms. The van der Waals surface area contributed by atoms with Gasteiger partial charge >= 0.3 is 0 Å². The van der Waals surface area contributed by atoms with Gasteiger partial charge in [-0.1, -0.05) is 18.2 Å². The average Bonchev–Trinajstić information content (AvgIpc) is 2.50. The number of benzene rings is 1. The minimum absolute atomic E-state index is 0.467. The number of halogens is 1. The Balaban J connectivity index is 2.79. The van der Waals surface area contributed by atoms with Crippen LogP contribution in [-0.4, -0.2) is 0 Å². The molecule has 0 bridgehead atoms. The number of hydrogen-bond acceptors (Lipinski definition) is 1. The number of fused-ring (bicyclic) bond motifs is 1. The summed E-state index contributed by atoms with van der Waals surface area (Å²) in [6.45, 7) is -0.467. The fourth-order valence-corrected chi connectivity index (χ4v) is 1.16. The van der Waals surface area contributed by atoms with Crippen LogP contribution in [0.3, 0.4) is 0 Å². The van der Waals surface area contributed by atoms with Crippen molar-refractivity contribution in [1.29, 1.82) is 0 Å². The Kier molecular flexibility index (Phi) is 1.39. The van der Waals surface area contributed by atoms with Crippen LogP contribution in [0.15, 0.2) is 34.9 Å². The van der Waals surface area contributed by atoms with E-state index in [1.165, 1.54) is 0 Å². The standard InChI is InChI=1S/C9H7FO/c10-6-8-3-1-2-7-4-5-11-9(7)8/h1-5H,6H2. The molecule has 0 amide bonds. The Morgan fingerprint density at radius 1 is 1.27 bits per heavy atom. The van der Waals surface area contributed by atoms with Crippen molar-refractivity contribution in [1.82, 2.24) is 0 Å². The summed E-state index contributed by atoms with van der Waals surface area (Å²) in [5.41, 5.74) is 1.28. The third kappa shape index (κ3) is 0.909. The highest BCUT2D eigenvalue weighted by atomic mass is 19.1. The van der Waals surface area contributed by atoms with E-state index < -0.39 is 6.67 Å². The van der Waals surface area contributed by atoms with Gasteiger partial charge in [0.05, 0.1) is 6.26 Å². The lowest BCUT2D eigenvalue weighted by atomic mass is 10.2. The van der Waals surface area contributed by atoms with Gasteiger partial charge in [-0.15, -0.1) is 0 Å². The first-order valence-electron chi connectivity index (χ1n) is 3.43. The lowest BCUT2D eigenvalue weighted by Gasteiger charge is -1.93. The number of hydrogen-bond donors (Lipinski definition) is 0. The fraction of sp³-hybridized carbons (Fsp3) is 0.111. The zero-order chi connectivity index (χ0) is 7.68. The van der Waals surface area contributed by atoms with Crippen LogP contribution in [0.25, 0.3) is 11.0 Å². The Labute approximate surface area is 63.4 Å². The molecule has 0 aliphatic rings. The highest BCUT2D eigenvalue weighted by molar-refractivity contribution is 5.80. The van der Waals surface area contributed by atoms with Gasteiger partial charge in [0.15, 0.2) is 0 Å². The Morgan fingerprint density at radius 3 is 3.00 bits per heavy atom. The summed E-state index contributed by atoms with van der Waals surface area (Å²) in [6.07, 6.45) is 1.57. The summed E-state index contributed by atoms with van der Waals surface area (Å²) in [6, 6.07) is 7.28. The van der Waals surface area contributed by atoms with Crippen molar-refractivity contribution in [2.75, 3.05) is 0 Å². The molecule has 0 aliphatic carbocycles. The molecule has 1 aromatic carbocycles. The van der Waals surface area contributed by atoms with Gasteiger partial charge in [0.1, 0.15) is 12.3 Å². The van der Waals surface area contributed by atoms with E-state index in [1.54, 1.807) is 12.3 Å². The molecule has 0 saturated heterocycles. The number of alkyl halides is 1. The quantitative estimate of drug-likeness (QED) is 0.609. The number of para-hydroxylation sites is 1. The third-order valence-electron chi connectivity index (χ3n) is 1.70. The van der Waals surface area contributed by atoms with Gasteiger partial charge in [0.25, 0.3) is 0 Å². The van der Waals surface area contributed by atoms with Gasteiger partial charge in [0, 0.05) is 10.9 Å². The molecule has 1 aromatic heterocycles. The van der Waals surface area contributed by atoms with Crippen LogP contribution in [0.5, 0.6) is 0 Å². The maximum atomic E-state index is 12.3. The highest BCUT2D eigenvalue weighted by Gasteiger charge is 2.01. The molecule has 56 valence electrons. The average molecular weight is 150 g/mol. The molecule has 0 aliphatic heterocycles. The fourth-order valence-electron chi connectivity index (χ4n) is 1.16. The van der Waals surface area contributed by atoms with Gasteiger partial charge < -0.3 is 4.42 Å². The van der Waals surface area contributed by atoms with Crippen molar-refractivity contribution in [3.63, 3.8) is 0 Å². The van der Waals surface area contributed by atoms with Crippen LogP contribution < -0.4 is 0 Å². The van der Waals surface area contributed by atoms with E-state index in [4.69, 9.17) is 4.42 Å². The summed E-state index contributed by atoms with van der Waals surface area (Å²) >= 11 is 0. The Hall–Kier alpha value is -1.31. The zero-order valence-electron chi connectivity index (χ0n) is 5.88. The van der Waals surface area contributed by atoms with Gasteiger partial charge in [-0.25, -0.2) is 4.39 Å². The second kappa shape index (κ2) is 2.38. The third-order valence-corrected chi connectivity index (χ3v) is 1.70. The molecule has 0 atom stereocenters. The molecular weight excluding hydrogens is 143 g/mol. The first-order valence-corrected chi connectivity index (χ1v) is 3.43. The number of furan rings is 1. The number of rotatable bonds is 1. The second-order valence-electron chi connectivity index (χ2n) is 2.39. The van der Waals surface area contributed by atoms with Gasteiger partial charge in [-0.3, -0.25) is 0 Å². The first-order chi connectivity index (χ1) is 5.42. The van der Waals surface area contributed by atoms with Crippen molar-refractivity contribution in [3.05, 3.63) is 36.1 Å². The van der Waals surface area contributed by atoms with E-state index in [0.717, 1.165) is 5.39 Å². The lowest BCUT2D eigenvalue weighted by Crippen LogP contribution is -1.76. The van der Waals surface area contributed by atoms with E-state index in [1.807, 2.05) is 18.2 Å². The molecule has 0 N–H and O–H groups in total. The minimum Gasteiger partial charge on any atom is -0.464 e. The Morgan fingerprint density at radius 2 is 2.18 bits per heavy atom. The molecule has 1 nitrogen and oxygen atoms in total. The smallest absolute Gasteiger partial charge is 0.139 e. The highest BCUT2D eigenvalue weighted by Crippen LogP contribution is 2.19. The maximum Gasteiger partial charge on any atom is 0.139 e. The van der Waals surface area contributed by atoms with E-state index in [2.05, 4.69) is 0 Å². The van der Waals surface area contributed by atoms with Crippen LogP contribution in [-0.2, 0) is 6.67 Å². The molecule has 11 heavy (non-hydrogen) atoms. The predicted octanol–water partition coefficient (Wildman–Crippen LogP) is 2.90. The zero-order valence-corrected chi connectivity index (χ0v) is 5.88. The SMILES string of the molecule is FCc1cccc2ccoc12. The van der Waals surface area contributed by atoms with Crippen LogP contribution in [0.2, 0.25) is 0 Å². The van der Waals surface area contributed by atoms with E-state index in [-0.39, 0.29) is 0 Å². The van der Waals surface area contributed by atoms with E-state index >= 15 is 0 Å². The van der Waals surface area contributed by atoms with Gasteiger partial charge in [0.2, 0.25) is 0 Å². The van der Waals surface area contributed by atoms with Gasteiger partial charge in [-0.05, 0) is 6.07 Å². The summed E-state index contributed by atoms with van der Waals surface area (Å²) in [5.74, 6) is 0. The molecule has 0 fully saturated rings. The van der Waals surface area contributed by atoms with Crippen LogP contribution in [0.1, 0.15) is 5.56 Å². The first kappa shape index (κ1) is 6.40. The van der Waals surface area contributed by atoms with Crippen molar-refractivity contribution in [2.24, 2.45) is 0 Å². The normalized spacial score (nSPS) is 10.6. The molecule has 0 saturated carbocycles. The molecule has 2 rings (SSSR count). The van der Waals surface area contributed by atoms with Crippen LogP contribution >= 0.6 is 0 Å². The molecule has 0 radical (unpaired) electrons. The van der Waals surface area contributed by atoms with Crippen LogP contribution in [0.4, 0.5) is 4.39 Å². The van der Waals surface area contributed by atoms with E-state index in [9.17, 15) is 4.39 Å². The molecule has 0 spiro atoms. The lowest BCUT2D eigenvalue weighted by molar-refractivity contribution is 0.480. The topological polar surface area (TPSA) is 13.1 Å².